The van der Waals surface area contributed by atoms with Crippen LogP contribution in [-0.2, 0) is 65.4 Å². The molecule has 0 aliphatic carbocycles. The lowest BCUT2D eigenvalue weighted by atomic mass is 10.1. The lowest BCUT2D eigenvalue weighted by molar-refractivity contribution is -0.274. The average molecular weight is 1580 g/mol. The number of hydrogen-bond donors (Lipinski definition) is 5. The van der Waals surface area contributed by atoms with E-state index in [1.165, 1.54) is 36.4 Å². The molecule has 12 rings (SSSR count). The predicted molar refractivity (Wildman–Crippen MR) is 388 cm³/mol. The first-order valence-corrected chi connectivity index (χ1v) is 36.7. The quantitative estimate of drug-likeness (QED) is 0.0263. The summed E-state index contributed by atoms with van der Waals surface area (Å²) in [7, 11) is 0. The second-order valence-corrected chi connectivity index (χ2v) is 29.7. The zero-order chi connectivity index (χ0) is 77.0. The van der Waals surface area contributed by atoms with Crippen molar-refractivity contribution in [1.29, 1.82) is 0 Å². The van der Waals surface area contributed by atoms with E-state index >= 15 is 0 Å². The first kappa shape index (κ1) is 82.0. The van der Waals surface area contributed by atoms with Gasteiger partial charge < -0.3 is 44.1 Å². The van der Waals surface area contributed by atoms with Crippen molar-refractivity contribution in [2.75, 3.05) is 26.4 Å². The average Bonchev–Trinajstić information content (AvgIpc) is 1.10. The first-order valence-electron chi connectivity index (χ1n) is 32.8. The Morgan fingerprint density at radius 3 is 1.11 bits per heavy atom. The maximum Gasteiger partial charge on any atom is 0.573 e. The van der Waals surface area contributed by atoms with Crippen LogP contribution in [0.4, 0.5) is 35.5 Å². The van der Waals surface area contributed by atoms with E-state index in [0.29, 0.717) is 59.3 Å². The number of ether oxygens (including phenoxy) is 5. The summed E-state index contributed by atoms with van der Waals surface area (Å²) in [6.45, 7) is -0.238. The van der Waals surface area contributed by atoms with E-state index in [0.717, 1.165) is 99.1 Å². The van der Waals surface area contributed by atoms with E-state index in [2.05, 4.69) is 10.1 Å². The summed E-state index contributed by atoms with van der Waals surface area (Å²) in [6.07, 6.45) is -11.4. The lowest BCUT2D eigenvalue weighted by Crippen LogP contribution is -2.25. The molecule has 107 heavy (non-hydrogen) atoms. The van der Waals surface area contributed by atoms with Crippen molar-refractivity contribution < 1.29 is 113 Å². The van der Waals surface area contributed by atoms with Crippen molar-refractivity contribution >= 4 is 102 Å². The van der Waals surface area contributed by atoms with Gasteiger partial charge in [0.25, 0.3) is 5.24 Å². The molecule has 0 spiro atoms. The molecular formula is C77H67ClF7NO17S4. The van der Waals surface area contributed by atoms with Crippen LogP contribution in [0.25, 0.3) is 0 Å². The van der Waals surface area contributed by atoms with Crippen LogP contribution in [0.15, 0.2) is 194 Å². The maximum absolute atomic E-state index is 13.6. The summed E-state index contributed by atoms with van der Waals surface area (Å²) in [5.41, 5.74) is 4.23. The highest BCUT2D eigenvalue weighted by Crippen LogP contribution is 2.35. The van der Waals surface area contributed by atoms with Crippen LogP contribution >= 0.6 is 58.6 Å². The molecule has 8 unspecified atom stereocenters. The van der Waals surface area contributed by atoms with Crippen molar-refractivity contribution in [2.45, 2.75) is 103 Å². The van der Waals surface area contributed by atoms with E-state index in [1.807, 2.05) is 24.3 Å². The standard InChI is InChI=1S/C20H17F3O4S.C19H17ClO4S.C19H16F3NO5S.C19H17FO4S/c21-20(22,23)14-3-1-2-13(9-14)17(25)11-27-15-6-4-12(5-7-15)8-18-16(24)10-19(26)28-18;20-14-5-3-13(4-6-14)17(22)11-24-15-7-1-12(2-8-15)9-18-16(21)10-19(23)25-18;20-19(21,22)28-14-7-3-12(4-8-14)15(24)10-27-13-5-1-11(2-6-13)9-16-17(25)23-18(26)29-16;20-15-4-2-1-3-14(15)17(22)11-24-13-7-5-12(6-8-13)9-18-16(21)10-19(23)25-18/h1-7,9,17-18,25H,8,10-11H2;1-8,17-18,22H,9-11H2;1-8,15-16,24H,9-10H2,(H,23,25,26);1-8,17-18,22H,9-11H2. The summed E-state index contributed by atoms with van der Waals surface area (Å²) in [5, 5.41) is 41.3. The fourth-order valence-corrected chi connectivity index (χ4v) is 14.7. The molecule has 0 bridgehead atoms. The second-order valence-electron chi connectivity index (χ2n) is 24.3. The molecule has 2 amide bonds. The van der Waals surface area contributed by atoms with Gasteiger partial charge in [0.05, 0.1) is 45.8 Å². The number of thioether (sulfide) groups is 4. The molecule has 4 fully saturated rings. The summed E-state index contributed by atoms with van der Waals surface area (Å²) >= 11 is 10.1. The number of ketones is 3. The van der Waals surface area contributed by atoms with Gasteiger partial charge in [-0.15, -0.1) is 13.2 Å². The number of benzene rings is 8. The highest BCUT2D eigenvalue weighted by Gasteiger charge is 2.36. The van der Waals surface area contributed by atoms with Crippen LogP contribution in [0, 0.1) is 5.82 Å². The summed E-state index contributed by atoms with van der Waals surface area (Å²) < 4.78 is 114. The third-order valence-electron chi connectivity index (χ3n) is 16.2. The van der Waals surface area contributed by atoms with Gasteiger partial charge >= 0.3 is 12.5 Å². The number of aliphatic hydroxyl groups is 4. The molecule has 4 aliphatic heterocycles. The van der Waals surface area contributed by atoms with E-state index in [1.54, 1.807) is 109 Å². The Balaban J connectivity index is 0.000000165. The molecule has 8 aromatic carbocycles. The first-order chi connectivity index (χ1) is 50.9. The molecule has 8 aromatic rings. The molecule has 562 valence electrons. The minimum absolute atomic E-state index is 0.00131. The number of nitrogens with one attached hydrogen (secondary N) is 1. The van der Waals surface area contributed by atoms with Crippen LogP contribution in [0.1, 0.15) is 93.7 Å². The lowest BCUT2D eigenvalue weighted by Gasteiger charge is -2.15. The van der Waals surface area contributed by atoms with Gasteiger partial charge in [-0.3, -0.25) is 43.7 Å². The molecule has 18 nitrogen and oxygen atoms in total. The Morgan fingerprint density at radius 1 is 0.411 bits per heavy atom. The Labute approximate surface area is 630 Å². The number of hydrogen-bond acceptors (Lipinski definition) is 21. The number of aliphatic hydroxyl groups excluding tert-OH is 4. The minimum atomic E-state index is -4.77. The number of carbonyl (C=O) groups is 8. The van der Waals surface area contributed by atoms with Crippen molar-refractivity contribution in [3.63, 3.8) is 0 Å². The van der Waals surface area contributed by atoms with Crippen molar-refractivity contribution in [3.8, 4) is 28.7 Å². The normalized spacial score (nSPS) is 18.2. The van der Waals surface area contributed by atoms with Crippen LogP contribution < -0.4 is 29.0 Å². The molecule has 4 aliphatic rings. The Kier molecular flexibility index (Phi) is 29.6. The van der Waals surface area contributed by atoms with Gasteiger partial charge in [-0.25, -0.2) is 4.39 Å². The number of imide groups is 1. The van der Waals surface area contributed by atoms with E-state index in [-0.39, 0.29) is 122 Å². The molecule has 4 saturated heterocycles. The van der Waals surface area contributed by atoms with Gasteiger partial charge in [0.2, 0.25) is 5.91 Å². The zero-order valence-electron chi connectivity index (χ0n) is 56.1. The van der Waals surface area contributed by atoms with Gasteiger partial charge in [-0.05, 0) is 156 Å². The number of halogens is 8. The topological polar surface area (TPSA) is 276 Å². The van der Waals surface area contributed by atoms with Gasteiger partial charge in [0.15, 0.2) is 32.7 Å². The van der Waals surface area contributed by atoms with E-state index in [4.69, 9.17) is 30.5 Å². The Morgan fingerprint density at radius 2 is 0.766 bits per heavy atom. The predicted octanol–water partition coefficient (Wildman–Crippen LogP) is 14.2. The molecular weight excluding hydrogens is 1510 g/mol. The van der Waals surface area contributed by atoms with Gasteiger partial charge in [0, 0.05) is 10.6 Å². The zero-order valence-corrected chi connectivity index (χ0v) is 60.1. The van der Waals surface area contributed by atoms with E-state index in [9.17, 15) is 89.5 Å². The molecule has 30 heteroatoms. The third-order valence-corrected chi connectivity index (χ3v) is 20.8. The SMILES string of the molecule is O=C1CC(=O)C(Cc2ccc(OCC(O)c3ccc(Cl)cc3)cc2)S1.O=C1CC(=O)C(Cc2ccc(OCC(O)c3cccc(C(F)(F)F)c3)cc2)S1.O=C1CC(=O)C(Cc2ccc(OCC(O)c3ccccc3F)cc2)S1.O=C1NC(=O)C(Cc2ccc(OCC(O)c3ccc(OC(F)(F)F)cc3)cc2)S1. The van der Waals surface area contributed by atoms with Gasteiger partial charge in [-0.1, -0.05) is 162 Å². The monoisotopic (exact) mass is 1570 g/mol. The van der Waals surface area contributed by atoms with Crippen molar-refractivity contribution in [1.82, 2.24) is 5.32 Å². The number of rotatable bonds is 25. The number of Topliss-reactive ketones (excluding diaryl/α,β-unsaturated/α-hetero) is 3. The van der Waals surface area contributed by atoms with Crippen LogP contribution in [-0.4, -0.2) is 118 Å². The number of amides is 2. The summed E-state index contributed by atoms with van der Waals surface area (Å²) in [5.74, 6) is 0.849. The smallest absolute Gasteiger partial charge is 0.491 e. The highest BCUT2D eigenvalue weighted by molar-refractivity contribution is 8.16. The molecule has 4 heterocycles. The van der Waals surface area contributed by atoms with Gasteiger partial charge in [-0.2, -0.15) is 13.2 Å². The van der Waals surface area contributed by atoms with Gasteiger partial charge in [0.1, 0.15) is 85.4 Å². The van der Waals surface area contributed by atoms with Crippen LogP contribution in [0.2, 0.25) is 5.02 Å². The van der Waals surface area contributed by atoms with E-state index < -0.39 is 53.6 Å². The fourth-order valence-electron chi connectivity index (χ4n) is 10.6. The second kappa shape index (κ2) is 38.7. The summed E-state index contributed by atoms with van der Waals surface area (Å²) in [6, 6.07) is 50.5. The fraction of sp³-hybridized carbons (Fsp3) is 0.273. The number of carbonyl (C=O) groups excluding carboxylic acids is 8. The molecule has 0 saturated carbocycles. The molecule has 0 aromatic heterocycles. The third kappa shape index (κ3) is 26.1. The Bertz CT molecular complexity index is 4390. The minimum Gasteiger partial charge on any atom is -0.491 e. The molecule has 0 radical (unpaired) electrons. The maximum atomic E-state index is 13.6. The van der Waals surface area contributed by atoms with Crippen LogP contribution in [0.5, 0.6) is 28.7 Å². The Hall–Kier alpha value is -9.04. The number of alkyl halides is 6. The molecule has 5 N–H and O–H groups in total. The highest BCUT2D eigenvalue weighted by atomic mass is 35.5. The van der Waals surface area contributed by atoms with Crippen LogP contribution in [0.3, 0.4) is 0 Å². The van der Waals surface area contributed by atoms with Crippen molar-refractivity contribution in [2.24, 2.45) is 0 Å². The van der Waals surface area contributed by atoms with Crippen molar-refractivity contribution in [3.05, 3.63) is 255 Å². The molecule has 8 atom stereocenters. The summed E-state index contributed by atoms with van der Waals surface area (Å²) in [4.78, 5) is 91.7. The largest absolute Gasteiger partial charge is 0.573 e.